The highest BCUT2D eigenvalue weighted by molar-refractivity contribution is 9.10. The van der Waals surface area contributed by atoms with Gasteiger partial charge in [0.1, 0.15) is 6.17 Å². The lowest BCUT2D eigenvalue weighted by Crippen LogP contribution is -2.56. The lowest BCUT2D eigenvalue weighted by atomic mass is 10.2. The summed E-state index contributed by atoms with van der Waals surface area (Å²) < 4.78 is -1.04. The van der Waals surface area contributed by atoms with Crippen LogP contribution in [0.4, 0.5) is 11.4 Å². The lowest BCUT2D eigenvalue weighted by molar-refractivity contribution is -0.114. The first-order valence-electron chi connectivity index (χ1n) is 8.13. The number of amides is 2. The number of benzene rings is 2. The number of carbonyl (C=O) groups is 2. The topological polar surface area (TPSA) is 82.3 Å². The van der Waals surface area contributed by atoms with E-state index in [-0.39, 0.29) is 11.0 Å². The molecule has 0 radical (unpaired) electrons. The third-order valence-electron chi connectivity index (χ3n) is 3.45. The molecule has 0 fully saturated rings. The van der Waals surface area contributed by atoms with Crippen LogP contribution in [0.5, 0.6) is 0 Å². The Bertz CT molecular complexity index is 889. The molecular weight excluding hydrogens is 523 g/mol. The van der Waals surface area contributed by atoms with Crippen molar-refractivity contribution >= 4 is 91.3 Å². The predicted octanol–water partition coefficient (Wildman–Crippen LogP) is 4.82. The van der Waals surface area contributed by atoms with Crippen LogP contribution in [0.15, 0.2) is 53.0 Å². The molecule has 0 saturated heterocycles. The summed E-state index contributed by atoms with van der Waals surface area (Å²) in [5.74, 6) is -0.612. The molecule has 0 bridgehead atoms. The summed E-state index contributed by atoms with van der Waals surface area (Å²) in [5.41, 5.74) is 1.67. The van der Waals surface area contributed by atoms with Crippen molar-refractivity contribution in [1.29, 1.82) is 0 Å². The van der Waals surface area contributed by atoms with Crippen molar-refractivity contribution < 1.29 is 9.59 Å². The van der Waals surface area contributed by atoms with E-state index in [0.717, 1.165) is 4.47 Å². The van der Waals surface area contributed by atoms with Crippen molar-refractivity contribution in [1.82, 2.24) is 10.6 Å². The van der Waals surface area contributed by atoms with Crippen LogP contribution in [0, 0.1) is 0 Å². The minimum absolute atomic E-state index is 0.129. The molecule has 6 nitrogen and oxygen atoms in total. The molecule has 0 aliphatic carbocycles. The Hall–Kier alpha value is -1.58. The first-order chi connectivity index (χ1) is 13.5. The molecule has 2 amide bonds. The SMILES string of the molecule is CC(=O)Nc1ccc(NC(=S)N[C@H](NC(=O)c2ccc(Br)cc2)C(Cl)(Cl)Cl)cc1. The van der Waals surface area contributed by atoms with Crippen molar-refractivity contribution in [3.8, 4) is 0 Å². The molecule has 0 unspecified atom stereocenters. The third-order valence-corrected chi connectivity index (χ3v) is 4.85. The Morgan fingerprint density at radius 3 is 1.93 bits per heavy atom. The van der Waals surface area contributed by atoms with Crippen LogP contribution >= 0.6 is 63.0 Å². The quantitative estimate of drug-likeness (QED) is 0.249. The Morgan fingerprint density at radius 1 is 0.931 bits per heavy atom. The minimum Gasteiger partial charge on any atom is -0.339 e. The van der Waals surface area contributed by atoms with Crippen molar-refractivity contribution in [3.63, 3.8) is 0 Å². The van der Waals surface area contributed by atoms with Gasteiger partial charge in [-0.3, -0.25) is 9.59 Å². The highest BCUT2D eigenvalue weighted by Crippen LogP contribution is 2.29. The van der Waals surface area contributed by atoms with E-state index in [2.05, 4.69) is 37.2 Å². The highest BCUT2D eigenvalue weighted by atomic mass is 79.9. The second-order valence-electron chi connectivity index (χ2n) is 5.81. The summed E-state index contributed by atoms with van der Waals surface area (Å²) in [5, 5.41) is 11.1. The van der Waals surface area contributed by atoms with E-state index < -0.39 is 15.9 Å². The molecular formula is C18H16BrCl3N4O2S. The predicted molar refractivity (Wildman–Crippen MR) is 126 cm³/mol. The maximum absolute atomic E-state index is 12.4. The van der Waals surface area contributed by atoms with Gasteiger partial charge >= 0.3 is 0 Å². The second kappa shape index (κ2) is 10.4. The maximum atomic E-state index is 12.4. The zero-order valence-corrected chi connectivity index (χ0v) is 19.6. The molecule has 2 aromatic carbocycles. The number of anilines is 2. The van der Waals surface area contributed by atoms with Crippen LogP contribution in [0.1, 0.15) is 17.3 Å². The Balaban J connectivity index is 2.02. The molecule has 0 aromatic heterocycles. The van der Waals surface area contributed by atoms with Gasteiger partial charge in [-0.15, -0.1) is 0 Å². The van der Waals surface area contributed by atoms with Gasteiger partial charge in [0.2, 0.25) is 9.70 Å². The van der Waals surface area contributed by atoms with Gasteiger partial charge in [-0.2, -0.15) is 0 Å². The molecule has 1 atom stereocenters. The van der Waals surface area contributed by atoms with Crippen molar-refractivity contribution in [2.24, 2.45) is 0 Å². The summed E-state index contributed by atoms with van der Waals surface area (Å²) >= 11 is 26.5. The molecule has 2 rings (SSSR count). The number of hydrogen-bond donors (Lipinski definition) is 4. The summed E-state index contributed by atoms with van der Waals surface area (Å²) in [6.45, 7) is 1.42. The Labute approximate surface area is 196 Å². The van der Waals surface area contributed by atoms with Crippen LogP contribution in [0.25, 0.3) is 0 Å². The summed E-state index contributed by atoms with van der Waals surface area (Å²) in [6.07, 6.45) is -1.10. The van der Waals surface area contributed by atoms with Crippen LogP contribution in [-0.2, 0) is 4.79 Å². The number of halogens is 4. The van der Waals surface area contributed by atoms with E-state index in [4.69, 9.17) is 47.0 Å². The van der Waals surface area contributed by atoms with Gasteiger partial charge in [0.15, 0.2) is 5.11 Å². The number of hydrogen-bond acceptors (Lipinski definition) is 3. The Kier molecular flexibility index (Phi) is 8.54. The van der Waals surface area contributed by atoms with E-state index >= 15 is 0 Å². The third kappa shape index (κ3) is 7.98. The highest BCUT2D eigenvalue weighted by Gasteiger charge is 2.34. The number of carbonyl (C=O) groups excluding carboxylic acids is 2. The van der Waals surface area contributed by atoms with Crippen LogP contribution in [-0.4, -0.2) is 26.9 Å². The zero-order valence-electron chi connectivity index (χ0n) is 14.9. The molecule has 4 N–H and O–H groups in total. The molecule has 0 aliphatic rings. The van der Waals surface area contributed by atoms with Gasteiger partial charge in [0.25, 0.3) is 5.91 Å². The number of thiocarbonyl (C=S) groups is 1. The van der Waals surface area contributed by atoms with E-state index in [0.29, 0.717) is 16.9 Å². The fraction of sp³-hybridized carbons (Fsp3) is 0.167. The van der Waals surface area contributed by atoms with Gasteiger partial charge in [-0.25, -0.2) is 0 Å². The fourth-order valence-electron chi connectivity index (χ4n) is 2.15. The van der Waals surface area contributed by atoms with E-state index in [1.807, 2.05) is 0 Å². The van der Waals surface area contributed by atoms with Gasteiger partial charge < -0.3 is 21.3 Å². The van der Waals surface area contributed by atoms with E-state index in [1.165, 1.54) is 6.92 Å². The first kappa shape index (κ1) is 23.7. The first-order valence-corrected chi connectivity index (χ1v) is 10.5. The average Bonchev–Trinajstić information content (AvgIpc) is 2.62. The summed E-state index contributed by atoms with van der Waals surface area (Å²) in [4.78, 5) is 23.5. The molecule has 0 aliphatic heterocycles. The van der Waals surface area contributed by atoms with Crippen LogP contribution in [0.3, 0.4) is 0 Å². The largest absolute Gasteiger partial charge is 0.339 e. The van der Waals surface area contributed by atoms with Crippen molar-refractivity contribution in [2.75, 3.05) is 10.6 Å². The molecule has 2 aromatic rings. The standard InChI is InChI=1S/C18H16BrCl3N4O2S/c1-10(27)23-13-6-8-14(9-7-13)24-17(29)26-16(18(20,21)22)25-15(28)11-2-4-12(19)5-3-11/h2-9,16H,1H3,(H,23,27)(H,25,28)(H2,24,26,29)/t16-/m0/s1. The molecule has 0 spiro atoms. The summed E-state index contributed by atoms with van der Waals surface area (Å²) in [6, 6.07) is 13.5. The van der Waals surface area contributed by atoms with Crippen molar-refractivity contribution in [2.45, 2.75) is 16.9 Å². The van der Waals surface area contributed by atoms with Crippen LogP contribution in [0.2, 0.25) is 0 Å². The molecule has 0 heterocycles. The van der Waals surface area contributed by atoms with Gasteiger partial charge in [-0.05, 0) is 60.7 Å². The maximum Gasteiger partial charge on any atom is 0.252 e. The smallest absolute Gasteiger partial charge is 0.252 e. The van der Waals surface area contributed by atoms with E-state index in [9.17, 15) is 9.59 Å². The Morgan fingerprint density at radius 2 is 1.45 bits per heavy atom. The normalized spacial score (nSPS) is 11.9. The lowest BCUT2D eigenvalue weighted by Gasteiger charge is -2.27. The summed E-state index contributed by atoms with van der Waals surface area (Å²) in [7, 11) is 0. The van der Waals surface area contributed by atoms with Gasteiger partial charge in [-0.1, -0.05) is 50.7 Å². The van der Waals surface area contributed by atoms with Gasteiger partial charge in [0, 0.05) is 28.3 Å². The second-order valence-corrected chi connectivity index (χ2v) is 9.50. The number of nitrogens with one attached hydrogen (secondary N) is 4. The zero-order chi connectivity index (χ0) is 21.6. The number of alkyl halides is 3. The van der Waals surface area contributed by atoms with Crippen LogP contribution < -0.4 is 21.3 Å². The fourth-order valence-corrected chi connectivity index (χ4v) is 2.98. The molecule has 154 valence electrons. The molecule has 11 heteroatoms. The minimum atomic E-state index is -1.87. The average molecular weight is 539 g/mol. The van der Waals surface area contributed by atoms with E-state index in [1.54, 1.807) is 48.5 Å². The van der Waals surface area contributed by atoms with Gasteiger partial charge in [0.05, 0.1) is 0 Å². The van der Waals surface area contributed by atoms with Crippen molar-refractivity contribution in [3.05, 3.63) is 58.6 Å². The molecule has 0 saturated carbocycles. The molecule has 29 heavy (non-hydrogen) atoms. The number of rotatable bonds is 5. The monoisotopic (exact) mass is 536 g/mol.